The van der Waals surface area contributed by atoms with Crippen LogP contribution in [0.25, 0.3) is 0 Å². The normalized spacial score (nSPS) is 34.0. The SMILES string of the molecule is C[C@@H](Oc1ccc(Cl)cc1Cl)C(=O)NCC12CC3CC(CC(C3)C1)C2. The van der Waals surface area contributed by atoms with E-state index in [1.807, 2.05) is 0 Å². The summed E-state index contributed by atoms with van der Waals surface area (Å²) in [4.78, 5) is 12.5. The van der Waals surface area contributed by atoms with Crippen LogP contribution in [-0.2, 0) is 4.79 Å². The van der Waals surface area contributed by atoms with Crippen LogP contribution in [0.1, 0.15) is 45.4 Å². The summed E-state index contributed by atoms with van der Waals surface area (Å²) in [6.45, 7) is 2.55. The Morgan fingerprint density at radius 3 is 2.36 bits per heavy atom. The molecule has 3 nitrogen and oxygen atoms in total. The van der Waals surface area contributed by atoms with Crippen molar-refractivity contribution >= 4 is 29.1 Å². The molecule has 0 unspecified atom stereocenters. The molecule has 1 amide bonds. The molecule has 0 saturated heterocycles. The maximum atomic E-state index is 12.5. The number of benzene rings is 1. The Morgan fingerprint density at radius 1 is 1.20 bits per heavy atom. The van der Waals surface area contributed by atoms with E-state index < -0.39 is 6.10 Å². The third-order valence-electron chi connectivity index (χ3n) is 6.37. The first-order valence-electron chi connectivity index (χ1n) is 9.32. The Balaban J connectivity index is 1.34. The summed E-state index contributed by atoms with van der Waals surface area (Å²) in [7, 11) is 0. The molecule has 4 saturated carbocycles. The van der Waals surface area contributed by atoms with Crippen LogP contribution in [0.2, 0.25) is 10.0 Å². The van der Waals surface area contributed by atoms with Crippen LogP contribution < -0.4 is 10.1 Å². The second-order valence-corrected chi connectivity index (χ2v) is 9.31. The number of nitrogens with one attached hydrogen (secondary N) is 1. The molecule has 0 aromatic heterocycles. The van der Waals surface area contributed by atoms with E-state index in [0.29, 0.717) is 21.2 Å². The molecule has 136 valence electrons. The van der Waals surface area contributed by atoms with Crippen molar-refractivity contribution in [2.24, 2.45) is 23.2 Å². The number of halogens is 2. The lowest BCUT2D eigenvalue weighted by molar-refractivity contribution is -0.129. The van der Waals surface area contributed by atoms with E-state index in [9.17, 15) is 4.79 Å². The largest absolute Gasteiger partial charge is 0.479 e. The highest BCUT2D eigenvalue weighted by molar-refractivity contribution is 6.35. The first-order chi connectivity index (χ1) is 11.9. The standard InChI is InChI=1S/C20H25Cl2NO2/c1-12(25-18-3-2-16(21)7-17(18)22)19(24)23-11-20-8-13-4-14(9-20)6-15(5-13)10-20/h2-3,7,12-15H,4-6,8-11H2,1H3,(H,23,24)/t12-,13?,14?,15?,20?/m1/s1. The Kier molecular flexibility index (Phi) is 4.66. The van der Waals surface area contributed by atoms with E-state index in [0.717, 1.165) is 24.3 Å². The molecule has 1 N–H and O–H groups in total. The van der Waals surface area contributed by atoms with Gasteiger partial charge in [0, 0.05) is 11.6 Å². The summed E-state index contributed by atoms with van der Waals surface area (Å²) >= 11 is 12.0. The number of rotatable bonds is 5. The van der Waals surface area contributed by atoms with Gasteiger partial charge in [-0.2, -0.15) is 0 Å². The van der Waals surface area contributed by atoms with Crippen molar-refractivity contribution < 1.29 is 9.53 Å². The highest BCUT2D eigenvalue weighted by Gasteiger charge is 2.50. The molecule has 0 aliphatic heterocycles. The Morgan fingerprint density at radius 2 is 1.80 bits per heavy atom. The smallest absolute Gasteiger partial charge is 0.260 e. The summed E-state index contributed by atoms with van der Waals surface area (Å²) in [5, 5.41) is 4.13. The number of hydrogen-bond acceptors (Lipinski definition) is 2. The zero-order chi connectivity index (χ0) is 17.6. The maximum Gasteiger partial charge on any atom is 0.260 e. The molecule has 4 aliphatic rings. The second-order valence-electron chi connectivity index (χ2n) is 8.47. The van der Waals surface area contributed by atoms with E-state index in [4.69, 9.17) is 27.9 Å². The Labute approximate surface area is 159 Å². The van der Waals surface area contributed by atoms with Crippen LogP contribution in [-0.4, -0.2) is 18.6 Å². The molecule has 4 aliphatic carbocycles. The first-order valence-corrected chi connectivity index (χ1v) is 10.1. The van der Waals surface area contributed by atoms with Gasteiger partial charge in [0.15, 0.2) is 6.10 Å². The molecule has 5 rings (SSSR count). The van der Waals surface area contributed by atoms with Crippen LogP contribution in [0.5, 0.6) is 5.75 Å². The molecule has 1 aromatic carbocycles. The zero-order valence-electron chi connectivity index (χ0n) is 14.6. The van der Waals surface area contributed by atoms with E-state index in [-0.39, 0.29) is 5.91 Å². The minimum Gasteiger partial charge on any atom is -0.479 e. The highest BCUT2D eigenvalue weighted by Crippen LogP contribution is 2.59. The molecular weight excluding hydrogens is 357 g/mol. The van der Waals surface area contributed by atoms with Crippen LogP contribution >= 0.6 is 23.2 Å². The van der Waals surface area contributed by atoms with Crippen LogP contribution in [0.3, 0.4) is 0 Å². The average molecular weight is 382 g/mol. The summed E-state index contributed by atoms with van der Waals surface area (Å²) in [6.07, 6.45) is 7.55. The number of carbonyl (C=O) groups is 1. The molecule has 1 atom stereocenters. The van der Waals surface area contributed by atoms with Crippen LogP contribution in [0, 0.1) is 23.2 Å². The molecule has 4 fully saturated rings. The van der Waals surface area contributed by atoms with Gasteiger partial charge in [-0.1, -0.05) is 23.2 Å². The summed E-state index contributed by atoms with van der Waals surface area (Å²) in [5.41, 5.74) is 0.335. The summed E-state index contributed by atoms with van der Waals surface area (Å²) in [5.74, 6) is 3.10. The molecule has 0 radical (unpaired) electrons. The van der Waals surface area contributed by atoms with Gasteiger partial charge in [-0.3, -0.25) is 4.79 Å². The highest BCUT2D eigenvalue weighted by atomic mass is 35.5. The molecule has 5 heteroatoms. The predicted molar refractivity (Wildman–Crippen MR) is 100 cm³/mol. The van der Waals surface area contributed by atoms with E-state index in [1.54, 1.807) is 25.1 Å². The van der Waals surface area contributed by atoms with Gasteiger partial charge < -0.3 is 10.1 Å². The number of amides is 1. The van der Waals surface area contributed by atoms with Crippen molar-refractivity contribution in [3.63, 3.8) is 0 Å². The number of ether oxygens (including phenoxy) is 1. The third-order valence-corrected chi connectivity index (χ3v) is 6.90. The minimum absolute atomic E-state index is 0.0678. The molecular formula is C20H25Cl2NO2. The second kappa shape index (κ2) is 6.66. The summed E-state index contributed by atoms with van der Waals surface area (Å²) < 4.78 is 5.73. The van der Waals surface area contributed by atoms with Gasteiger partial charge in [-0.15, -0.1) is 0 Å². The average Bonchev–Trinajstić information content (AvgIpc) is 2.54. The lowest BCUT2D eigenvalue weighted by Crippen LogP contribution is -2.52. The van der Waals surface area contributed by atoms with Crippen LogP contribution in [0.4, 0.5) is 0 Å². The zero-order valence-corrected chi connectivity index (χ0v) is 16.1. The monoisotopic (exact) mass is 381 g/mol. The fraction of sp³-hybridized carbons (Fsp3) is 0.650. The lowest BCUT2D eigenvalue weighted by atomic mass is 9.49. The van der Waals surface area contributed by atoms with Crippen molar-refractivity contribution in [1.82, 2.24) is 5.32 Å². The molecule has 1 aromatic rings. The van der Waals surface area contributed by atoms with E-state index >= 15 is 0 Å². The topological polar surface area (TPSA) is 38.3 Å². The van der Waals surface area contributed by atoms with Gasteiger partial charge in [0.05, 0.1) is 5.02 Å². The molecule has 0 heterocycles. The van der Waals surface area contributed by atoms with Gasteiger partial charge in [0.2, 0.25) is 0 Å². The van der Waals surface area contributed by atoms with Crippen molar-refractivity contribution in [3.05, 3.63) is 28.2 Å². The predicted octanol–water partition coefficient (Wildman–Crippen LogP) is 5.09. The number of carbonyl (C=O) groups excluding carboxylic acids is 1. The van der Waals surface area contributed by atoms with E-state index in [1.165, 1.54) is 38.5 Å². The van der Waals surface area contributed by atoms with Gasteiger partial charge in [-0.05, 0) is 86.8 Å². The Bertz CT molecular complexity index is 640. The lowest BCUT2D eigenvalue weighted by Gasteiger charge is -2.56. The number of hydrogen-bond donors (Lipinski definition) is 1. The maximum absolute atomic E-state index is 12.5. The van der Waals surface area contributed by atoms with Gasteiger partial charge in [-0.25, -0.2) is 0 Å². The molecule has 4 bridgehead atoms. The van der Waals surface area contributed by atoms with Gasteiger partial charge >= 0.3 is 0 Å². The van der Waals surface area contributed by atoms with E-state index in [2.05, 4.69) is 5.32 Å². The van der Waals surface area contributed by atoms with Crippen molar-refractivity contribution in [3.8, 4) is 5.75 Å². The fourth-order valence-corrected chi connectivity index (χ4v) is 6.19. The van der Waals surface area contributed by atoms with Crippen molar-refractivity contribution in [2.45, 2.75) is 51.6 Å². The first kappa shape index (κ1) is 17.5. The quantitative estimate of drug-likeness (QED) is 0.770. The van der Waals surface area contributed by atoms with Gasteiger partial charge in [0.1, 0.15) is 5.75 Å². The van der Waals surface area contributed by atoms with Crippen molar-refractivity contribution in [2.75, 3.05) is 6.54 Å². The Hall–Kier alpha value is -0.930. The molecule has 0 spiro atoms. The summed E-state index contributed by atoms with van der Waals surface area (Å²) in [6, 6.07) is 5.04. The van der Waals surface area contributed by atoms with Crippen LogP contribution in [0.15, 0.2) is 18.2 Å². The minimum atomic E-state index is -0.576. The third kappa shape index (κ3) is 3.64. The molecule has 25 heavy (non-hydrogen) atoms. The van der Waals surface area contributed by atoms with Crippen molar-refractivity contribution in [1.29, 1.82) is 0 Å². The van der Waals surface area contributed by atoms with Gasteiger partial charge in [0.25, 0.3) is 5.91 Å². The fourth-order valence-electron chi connectivity index (χ4n) is 5.74.